The maximum atomic E-state index is 13.7. The van der Waals surface area contributed by atoms with Gasteiger partial charge in [0, 0.05) is 11.3 Å². The van der Waals surface area contributed by atoms with Gasteiger partial charge in [-0.05, 0) is 41.0 Å². The molecule has 32 heavy (non-hydrogen) atoms. The molecular formula is C27H36N2O2S. The number of benzene rings is 2. The van der Waals surface area contributed by atoms with E-state index in [-0.39, 0.29) is 34.1 Å². The fourth-order valence-electron chi connectivity index (χ4n) is 4.02. The third-order valence-electron chi connectivity index (χ3n) is 5.93. The van der Waals surface area contributed by atoms with Crippen LogP contribution in [0.3, 0.4) is 0 Å². The van der Waals surface area contributed by atoms with Crippen LogP contribution < -0.4 is 5.32 Å². The lowest BCUT2D eigenvalue weighted by atomic mass is 9.86. The van der Waals surface area contributed by atoms with Crippen molar-refractivity contribution < 1.29 is 9.59 Å². The van der Waals surface area contributed by atoms with Gasteiger partial charge in [-0.1, -0.05) is 84.0 Å². The molecule has 1 N–H and O–H groups in total. The maximum Gasteiger partial charge on any atom is 0.255 e. The van der Waals surface area contributed by atoms with Crippen molar-refractivity contribution in [3.8, 4) is 0 Å². The summed E-state index contributed by atoms with van der Waals surface area (Å²) in [4.78, 5) is 28.8. The fourth-order valence-corrected chi connectivity index (χ4v) is 5.60. The number of hydrogen-bond donors (Lipinski definition) is 1. The van der Waals surface area contributed by atoms with Crippen LogP contribution >= 0.6 is 11.8 Å². The minimum absolute atomic E-state index is 0.0228. The summed E-state index contributed by atoms with van der Waals surface area (Å²) in [7, 11) is 0. The van der Waals surface area contributed by atoms with Crippen LogP contribution in [0.4, 0.5) is 0 Å². The summed E-state index contributed by atoms with van der Waals surface area (Å²) in [6.07, 6.45) is 0. The summed E-state index contributed by atoms with van der Waals surface area (Å²) in [6.45, 7) is 14.8. The lowest BCUT2D eigenvalue weighted by molar-refractivity contribution is -0.125. The highest BCUT2D eigenvalue weighted by molar-refractivity contribution is 8.00. The standard InChI is InChI=1S/C27H36N2O2S/c1-18(19-11-9-8-10-12-19)28-23(30)22-17-32-25(27(5,6)7)29(22)24(31)20-13-15-21(16-14-20)26(2,3)4/h8-16,18,22,25H,17H2,1-7H3,(H,28,30). The van der Waals surface area contributed by atoms with Gasteiger partial charge in [0.2, 0.25) is 5.91 Å². The van der Waals surface area contributed by atoms with E-state index in [0.717, 1.165) is 5.56 Å². The van der Waals surface area contributed by atoms with Crippen molar-refractivity contribution in [3.05, 3.63) is 71.3 Å². The largest absolute Gasteiger partial charge is 0.348 e. The minimum atomic E-state index is -0.495. The highest BCUT2D eigenvalue weighted by Gasteiger charge is 2.46. The molecule has 0 radical (unpaired) electrons. The highest BCUT2D eigenvalue weighted by Crippen LogP contribution is 2.41. The molecule has 2 aromatic carbocycles. The summed E-state index contributed by atoms with van der Waals surface area (Å²) < 4.78 is 0. The zero-order valence-electron chi connectivity index (χ0n) is 20.3. The van der Waals surface area contributed by atoms with E-state index in [1.807, 2.05) is 66.4 Å². The Labute approximate surface area is 197 Å². The molecule has 0 aliphatic carbocycles. The van der Waals surface area contributed by atoms with Crippen molar-refractivity contribution in [3.63, 3.8) is 0 Å². The molecule has 3 rings (SSSR count). The average molecular weight is 453 g/mol. The third-order valence-corrected chi connectivity index (χ3v) is 7.69. The van der Waals surface area contributed by atoms with E-state index in [4.69, 9.17) is 0 Å². The second-order valence-corrected chi connectivity index (χ2v) is 11.9. The minimum Gasteiger partial charge on any atom is -0.348 e. The Morgan fingerprint density at radius 3 is 2.09 bits per heavy atom. The molecule has 1 heterocycles. The fraction of sp³-hybridized carbons (Fsp3) is 0.481. The molecule has 1 saturated heterocycles. The van der Waals surface area contributed by atoms with Gasteiger partial charge in [-0.15, -0.1) is 11.8 Å². The molecule has 1 fully saturated rings. The normalized spacial score (nSPS) is 20.2. The number of rotatable bonds is 4. The zero-order valence-corrected chi connectivity index (χ0v) is 21.1. The Balaban J connectivity index is 1.86. The topological polar surface area (TPSA) is 49.4 Å². The van der Waals surface area contributed by atoms with Gasteiger partial charge >= 0.3 is 0 Å². The van der Waals surface area contributed by atoms with Crippen LogP contribution in [0, 0.1) is 5.41 Å². The van der Waals surface area contributed by atoms with Crippen molar-refractivity contribution in [2.45, 2.75) is 71.3 Å². The molecule has 0 spiro atoms. The van der Waals surface area contributed by atoms with E-state index in [1.165, 1.54) is 5.56 Å². The van der Waals surface area contributed by atoms with Crippen LogP contribution in [0.1, 0.15) is 76.0 Å². The van der Waals surface area contributed by atoms with Gasteiger partial charge in [-0.2, -0.15) is 0 Å². The first kappa shape index (κ1) is 24.4. The molecule has 2 aromatic rings. The van der Waals surface area contributed by atoms with Crippen molar-refractivity contribution >= 4 is 23.6 Å². The molecule has 0 aromatic heterocycles. The molecule has 1 aliphatic rings. The maximum absolute atomic E-state index is 13.7. The molecule has 0 saturated carbocycles. The van der Waals surface area contributed by atoms with Gasteiger partial charge in [0.1, 0.15) is 6.04 Å². The Hall–Kier alpha value is -2.27. The van der Waals surface area contributed by atoms with Crippen molar-refractivity contribution in [1.82, 2.24) is 10.2 Å². The first-order valence-corrected chi connectivity index (χ1v) is 12.3. The van der Waals surface area contributed by atoms with Crippen LogP contribution in [-0.4, -0.2) is 33.9 Å². The number of nitrogens with zero attached hydrogens (tertiary/aromatic N) is 1. The molecule has 3 unspecified atom stereocenters. The van der Waals surface area contributed by atoms with E-state index >= 15 is 0 Å². The van der Waals surface area contributed by atoms with Gasteiger partial charge in [0.05, 0.1) is 11.4 Å². The number of carbonyl (C=O) groups excluding carboxylic acids is 2. The van der Waals surface area contributed by atoms with Crippen LogP contribution in [0.5, 0.6) is 0 Å². The molecule has 172 valence electrons. The van der Waals surface area contributed by atoms with E-state index in [0.29, 0.717) is 11.3 Å². The first-order valence-electron chi connectivity index (χ1n) is 11.3. The summed E-state index contributed by atoms with van der Waals surface area (Å²) >= 11 is 1.69. The lowest BCUT2D eigenvalue weighted by Gasteiger charge is -2.36. The van der Waals surface area contributed by atoms with Crippen molar-refractivity contribution in [2.75, 3.05) is 5.75 Å². The summed E-state index contributed by atoms with van der Waals surface area (Å²) in [5, 5.41) is 3.06. The molecule has 5 heteroatoms. The SMILES string of the molecule is CC(NC(=O)C1CSC(C(C)(C)C)N1C(=O)c1ccc(C(C)(C)C)cc1)c1ccccc1. The monoisotopic (exact) mass is 452 g/mol. The quantitative estimate of drug-likeness (QED) is 0.639. The van der Waals surface area contributed by atoms with Gasteiger partial charge < -0.3 is 10.2 Å². The highest BCUT2D eigenvalue weighted by atomic mass is 32.2. The number of hydrogen-bond acceptors (Lipinski definition) is 3. The Morgan fingerprint density at radius 1 is 0.969 bits per heavy atom. The Bertz CT molecular complexity index is 942. The predicted molar refractivity (Wildman–Crippen MR) is 134 cm³/mol. The zero-order chi connectivity index (χ0) is 23.7. The number of nitrogens with one attached hydrogen (secondary N) is 1. The molecule has 2 amide bonds. The summed E-state index contributed by atoms with van der Waals surface area (Å²) in [5.74, 6) is 0.421. The van der Waals surface area contributed by atoms with E-state index in [9.17, 15) is 9.59 Å². The smallest absolute Gasteiger partial charge is 0.255 e. The van der Waals surface area contributed by atoms with E-state index in [1.54, 1.807) is 11.8 Å². The second-order valence-electron chi connectivity index (χ2n) is 10.7. The van der Waals surface area contributed by atoms with E-state index < -0.39 is 6.04 Å². The average Bonchev–Trinajstić information content (AvgIpc) is 3.19. The predicted octanol–water partition coefficient (Wildman–Crippen LogP) is 5.79. The summed E-state index contributed by atoms with van der Waals surface area (Å²) in [5.41, 5.74) is 2.74. The molecule has 4 nitrogen and oxygen atoms in total. The van der Waals surface area contributed by atoms with Gasteiger partial charge in [0.15, 0.2) is 0 Å². The molecule has 0 bridgehead atoms. The van der Waals surface area contributed by atoms with Crippen LogP contribution in [0.15, 0.2) is 54.6 Å². The molecule has 3 atom stereocenters. The number of carbonyl (C=O) groups is 2. The molecule has 1 aliphatic heterocycles. The Kier molecular flexibility index (Phi) is 7.09. The van der Waals surface area contributed by atoms with Crippen molar-refractivity contribution in [1.29, 1.82) is 0 Å². The lowest BCUT2D eigenvalue weighted by Crippen LogP contribution is -2.52. The van der Waals surface area contributed by atoms with Gasteiger partial charge in [-0.3, -0.25) is 9.59 Å². The van der Waals surface area contributed by atoms with Crippen LogP contribution in [0.25, 0.3) is 0 Å². The van der Waals surface area contributed by atoms with Crippen LogP contribution in [0.2, 0.25) is 0 Å². The molecular weight excluding hydrogens is 416 g/mol. The van der Waals surface area contributed by atoms with E-state index in [2.05, 4.69) is 46.9 Å². The number of amides is 2. The first-order chi connectivity index (χ1) is 14.9. The van der Waals surface area contributed by atoms with Gasteiger partial charge in [-0.25, -0.2) is 0 Å². The summed E-state index contributed by atoms with van der Waals surface area (Å²) in [6, 6.07) is 17.1. The second kappa shape index (κ2) is 9.30. The van der Waals surface area contributed by atoms with Crippen molar-refractivity contribution in [2.24, 2.45) is 5.41 Å². The Morgan fingerprint density at radius 2 is 1.56 bits per heavy atom. The number of thioether (sulfide) groups is 1. The van der Waals surface area contributed by atoms with Gasteiger partial charge in [0.25, 0.3) is 5.91 Å². The third kappa shape index (κ3) is 5.37. The van der Waals surface area contributed by atoms with Crippen LogP contribution in [-0.2, 0) is 10.2 Å².